The summed E-state index contributed by atoms with van der Waals surface area (Å²) in [4.78, 5) is 2.99. The summed E-state index contributed by atoms with van der Waals surface area (Å²) in [6.45, 7) is -0.0783. The smallest absolute Gasteiger partial charge is 0.433 e. The standard InChI is InChI=1S/C12H11F6N3O/c1-20-5-4-9(12(16,17)18)22-10-7(6-19)2-3-8(21-10)11(13,14)15/h2-3,9,20H,4-5H2,1H3. The number of ether oxygens (including phenoxy) is 1. The number of aromatic nitrogens is 1. The van der Waals surface area contributed by atoms with Crippen LogP contribution in [0.4, 0.5) is 26.3 Å². The molecule has 4 nitrogen and oxygen atoms in total. The van der Waals surface area contributed by atoms with E-state index in [9.17, 15) is 26.3 Å². The Labute approximate surface area is 121 Å². The highest BCUT2D eigenvalue weighted by Gasteiger charge is 2.42. The van der Waals surface area contributed by atoms with Crippen LogP contribution in [0.15, 0.2) is 12.1 Å². The largest absolute Gasteiger partial charge is 0.464 e. The summed E-state index contributed by atoms with van der Waals surface area (Å²) >= 11 is 0. The first-order valence-corrected chi connectivity index (χ1v) is 5.96. The van der Waals surface area contributed by atoms with Crippen molar-refractivity contribution in [1.29, 1.82) is 5.26 Å². The SMILES string of the molecule is CNCCC(Oc1nc(C(F)(F)F)ccc1C#N)C(F)(F)F. The van der Waals surface area contributed by atoms with Gasteiger partial charge in [0.2, 0.25) is 5.88 Å². The normalized spacial score (nSPS) is 13.5. The summed E-state index contributed by atoms with van der Waals surface area (Å²) in [7, 11) is 1.41. The molecular weight excluding hydrogens is 316 g/mol. The lowest BCUT2D eigenvalue weighted by Gasteiger charge is -2.22. The van der Waals surface area contributed by atoms with Crippen LogP contribution in [0.2, 0.25) is 0 Å². The maximum absolute atomic E-state index is 12.8. The second kappa shape index (κ2) is 6.83. The van der Waals surface area contributed by atoms with Gasteiger partial charge in [0, 0.05) is 6.42 Å². The van der Waals surface area contributed by atoms with Gasteiger partial charge in [-0.3, -0.25) is 0 Å². The van der Waals surface area contributed by atoms with Crippen LogP contribution in [-0.2, 0) is 6.18 Å². The van der Waals surface area contributed by atoms with Crippen LogP contribution in [-0.4, -0.2) is 30.9 Å². The van der Waals surface area contributed by atoms with Crippen LogP contribution in [0.1, 0.15) is 17.7 Å². The van der Waals surface area contributed by atoms with Gasteiger partial charge in [0.1, 0.15) is 17.3 Å². The summed E-state index contributed by atoms with van der Waals surface area (Å²) in [5.74, 6) is -0.990. The first kappa shape index (κ1) is 18.0. The van der Waals surface area contributed by atoms with E-state index in [1.54, 1.807) is 0 Å². The van der Waals surface area contributed by atoms with E-state index >= 15 is 0 Å². The molecule has 0 bridgehead atoms. The Hall–Kier alpha value is -2.02. The lowest BCUT2D eigenvalue weighted by atomic mass is 10.2. The molecule has 0 fully saturated rings. The van der Waals surface area contributed by atoms with Crippen molar-refractivity contribution in [3.8, 4) is 11.9 Å². The van der Waals surface area contributed by atoms with Crippen LogP contribution >= 0.6 is 0 Å². The Morgan fingerprint density at radius 3 is 2.36 bits per heavy atom. The minimum absolute atomic E-state index is 0.0783. The van der Waals surface area contributed by atoms with E-state index in [4.69, 9.17) is 5.26 Å². The Morgan fingerprint density at radius 1 is 1.27 bits per heavy atom. The minimum atomic E-state index is -4.86. The predicted octanol–water partition coefficient (Wildman–Crippen LogP) is 2.89. The molecule has 1 aromatic heterocycles. The summed E-state index contributed by atoms with van der Waals surface area (Å²) < 4.78 is 80.6. The van der Waals surface area contributed by atoms with Crippen molar-refractivity contribution in [2.24, 2.45) is 0 Å². The van der Waals surface area contributed by atoms with Gasteiger partial charge in [0.15, 0.2) is 6.10 Å². The first-order valence-electron chi connectivity index (χ1n) is 5.96. The second-order valence-electron chi connectivity index (χ2n) is 4.20. The maximum atomic E-state index is 12.8. The number of nitrogens with zero attached hydrogens (tertiary/aromatic N) is 2. The summed E-state index contributed by atoms with van der Waals surface area (Å²) in [5.41, 5.74) is -1.94. The number of pyridine rings is 1. The van der Waals surface area contributed by atoms with Crippen LogP contribution < -0.4 is 10.1 Å². The van der Waals surface area contributed by atoms with Gasteiger partial charge in [-0.25, -0.2) is 4.98 Å². The molecule has 1 unspecified atom stereocenters. The van der Waals surface area contributed by atoms with Crippen molar-refractivity contribution in [2.45, 2.75) is 24.9 Å². The van der Waals surface area contributed by atoms with E-state index in [-0.39, 0.29) is 6.54 Å². The van der Waals surface area contributed by atoms with Crippen molar-refractivity contribution in [2.75, 3.05) is 13.6 Å². The predicted molar refractivity (Wildman–Crippen MR) is 63.0 cm³/mol. The van der Waals surface area contributed by atoms with Crippen molar-refractivity contribution in [3.05, 3.63) is 23.4 Å². The second-order valence-corrected chi connectivity index (χ2v) is 4.20. The Kier molecular flexibility index (Phi) is 5.59. The third-order valence-corrected chi connectivity index (χ3v) is 2.55. The molecule has 1 atom stereocenters. The molecule has 0 spiro atoms. The van der Waals surface area contributed by atoms with E-state index in [1.807, 2.05) is 0 Å². The highest BCUT2D eigenvalue weighted by atomic mass is 19.4. The molecule has 122 valence electrons. The number of halogens is 6. The topological polar surface area (TPSA) is 57.9 Å². The van der Waals surface area contributed by atoms with Gasteiger partial charge in [0.25, 0.3) is 0 Å². The summed E-state index contributed by atoms with van der Waals surface area (Å²) in [6, 6.07) is 2.67. The average Bonchev–Trinajstić information content (AvgIpc) is 2.40. The molecule has 0 aliphatic carbocycles. The van der Waals surface area contributed by atoms with E-state index < -0.39 is 42.0 Å². The molecule has 0 saturated heterocycles. The van der Waals surface area contributed by atoms with E-state index in [2.05, 4.69) is 15.0 Å². The molecule has 1 heterocycles. The van der Waals surface area contributed by atoms with E-state index in [1.165, 1.54) is 13.1 Å². The van der Waals surface area contributed by atoms with Crippen molar-refractivity contribution < 1.29 is 31.1 Å². The lowest BCUT2D eigenvalue weighted by molar-refractivity contribution is -0.197. The van der Waals surface area contributed by atoms with Gasteiger partial charge in [-0.05, 0) is 25.7 Å². The third-order valence-electron chi connectivity index (χ3n) is 2.55. The molecule has 1 rings (SSSR count). The van der Waals surface area contributed by atoms with E-state index in [0.29, 0.717) is 6.07 Å². The van der Waals surface area contributed by atoms with Gasteiger partial charge in [0.05, 0.1) is 0 Å². The zero-order chi connectivity index (χ0) is 17.0. The Morgan fingerprint density at radius 2 is 1.91 bits per heavy atom. The number of rotatable bonds is 5. The molecular formula is C12H11F6N3O. The Bertz CT molecular complexity index is 549. The molecule has 10 heteroatoms. The highest BCUT2D eigenvalue weighted by molar-refractivity contribution is 5.39. The monoisotopic (exact) mass is 327 g/mol. The van der Waals surface area contributed by atoms with Crippen LogP contribution in [0.3, 0.4) is 0 Å². The minimum Gasteiger partial charge on any atom is -0.464 e. The molecule has 0 aliphatic heterocycles. The fraction of sp³-hybridized carbons (Fsp3) is 0.500. The van der Waals surface area contributed by atoms with Crippen molar-refractivity contribution in [1.82, 2.24) is 10.3 Å². The molecule has 0 radical (unpaired) electrons. The van der Waals surface area contributed by atoms with Crippen molar-refractivity contribution in [3.63, 3.8) is 0 Å². The lowest BCUT2D eigenvalue weighted by Crippen LogP contribution is -2.37. The molecule has 1 aromatic rings. The maximum Gasteiger partial charge on any atom is 0.433 e. The van der Waals surface area contributed by atoms with Gasteiger partial charge in [-0.15, -0.1) is 0 Å². The molecule has 22 heavy (non-hydrogen) atoms. The molecule has 1 N–H and O–H groups in total. The number of alkyl halides is 6. The van der Waals surface area contributed by atoms with E-state index in [0.717, 1.165) is 6.07 Å². The van der Waals surface area contributed by atoms with Gasteiger partial charge < -0.3 is 10.1 Å². The van der Waals surface area contributed by atoms with Crippen LogP contribution in [0, 0.1) is 11.3 Å². The summed E-state index contributed by atoms with van der Waals surface area (Å²) in [6.07, 6.45) is -12.6. The van der Waals surface area contributed by atoms with Gasteiger partial charge >= 0.3 is 12.4 Å². The Balaban J connectivity index is 3.14. The van der Waals surface area contributed by atoms with Crippen molar-refractivity contribution >= 4 is 0 Å². The molecule has 0 aromatic carbocycles. The molecule has 0 aliphatic rings. The quantitative estimate of drug-likeness (QED) is 0.845. The number of hydrogen-bond acceptors (Lipinski definition) is 4. The zero-order valence-electron chi connectivity index (χ0n) is 11.2. The fourth-order valence-electron chi connectivity index (χ4n) is 1.47. The number of nitrogens with one attached hydrogen (secondary N) is 1. The third kappa shape index (κ3) is 4.77. The first-order chi connectivity index (χ1) is 10.1. The fourth-order valence-corrected chi connectivity index (χ4v) is 1.47. The summed E-state index contributed by atoms with van der Waals surface area (Å²) in [5, 5.41) is 11.2. The van der Waals surface area contributed by atoms with Crippen LogP contribution in [0.25, 0.3) is 0 Å². The number of nitriles is 1. The highest BCUT2D eigenvalue weighted by Crippen LogP contribution is 2.32. The zero-order valence-corrected chi connectivity index (χ0v) is 11.2. The average molecular weight is 327 g/mol. The van der Waals surface area contributed by atoms with Gasteiger partial charge in [-0.2, -0.15) is 31.6 Å². The molecule has 0 saturated carbocycles. The van der Waals surface area contributed by atoms with Gasteiger partial charge in [-0.1, -0.05) is 0 Å². The number of hydrogen-bond donors (Lipinski definition) is 1. The molecule has 0 amide bonds. The van der Waals surface area contributed by atoms with Crippen LogP contribution in [0.5, 0.6) is 5.88 Å².